The Bertz CT molecular complexity index is 880. The van der Waals surface area contributed by atoms with Crippen molar-refractivity contribution in [2.45, 2.75) is 24.8 Å². The van der Waals surface area contributed by atoms with Crippen LogP contribution in [0.15, 0.2) is 58.4 Å². The van der Waals surface area contributed by atoms with Gasteiger partial charge in [-0.2, -0.15) is 0 Å². The number of nitrogens with one attached hydrogen (secondary N) is 1. The summed E-state index contributed by atoms with van der Waals surface area (Å²) in [5, 5.41) is 4.02. The summed E-state index contributed by atoms with van der Waals surface area (Å²) >= 11 is 6.06. The van der Waals surface area contributed by atoms with Gasteiger partial charge in [-0.25, -0.2) is 8.42 Å². The molecular weight excluding hydrogens is 382 g/mol. The van der Waals surface area contributed by atoms with Crippen LogP contribution in [-0.4, -0.2) is 45.7 Å². The summed E-state index contributed by atoms with van der Waals surface area (Å²) in [6.07, 6.45) is 1.95. The molecular formula is C20H26ClN3O2S. The van der Waals surface area contributed by atoms with E-state index >= 15 is 0 Å². The van der Waals surface area contributed by atoms with Gasteiger partial charge in [-0.15, -0.1) is 0 Å². The highest BCUT2D eigenvalue weighted by atomic mass is 35.5. The highest BCUT2D eigenvalue weighted by Crippen LogP contribution is 2.13. The van der Waals surface area contributed by atoms with Gasteiger partial charge in [0.2, 0.25) is 0 Å². The number of nitrogens with zero attached hydrogens (tertiary/aromatic N) is 2. The second-order valence-electron chi connectivity index (χ2n) is 6.39. The summed E-state index contributed by atoms with van der Waals surface area (Å²) in [5.41, 5.74) is 2.17. The van der Waals surface area contributed by atoms with Gasteiger partial charge in [-0.05, 0) is 48.7 Å². The molecule has 0 saturated carbocycles. The smallest absolute Gasteiger partial charge is 0.193 e. The number of hydrogen-bond acceptors (Lipinski definition) is 3. The van der Waals surface area contributed by atoms with E-state index in [0.717, 1.165) is 35.1 Å². The highest BCUT2D eigenvalue weighted by Gasteiger charge is 2.08. The molecule has 0 bridgehead atoms. The first-order valence-electron chi connectivity index (χ1n) is 8.82. The van der Waals surface area contributed by atoms with Gasteiger partial charge in [-0.3, -0.25) is 4.99 Å². The first kappa shape index (κ1) is 21.3. The molecule has 0 atom stereocenters. The lowest BCUT2D eigenvalue weighted by Crippen LogP contribution is -2.38. The van der Waals surface area contributed by atoms with Gasteiger partial charge in [0.25, 0.3) is 0 Å². The van der Waals surface area contributed by atoms with E-state index in [2.05, 4.69) is 15.2 Å². The molecule has 2 aromatic carbocycles. The van der Waals surface area contributed by atoms with E-state index in [-0.39, 0.29) is 0 Å². The summed E-state index contributed by atoms with van der Waals surface area (Å²) in [4.78, 5) is 7.07. The molecule has 2 aromatic rings. The number of sulfone groups is 1. The Kier molecular flexibility index (Phi) is 7.68. The minimum Gasteiger partial charge on any atom is -0.357 e. The quantitative estimate of drug-likeness (QED) is 0.564. The van der Waals surface area contributed by atoms with Gasteiger partial charge in [0, 0.05) is 38.0 Å². The van der Waals surface area contributed by atoms with Gasteiger partial charge in [0.1, 0.15) is 0 Å². The maximum absolute atomic E-state index is 11.5. The maximum atomic E-state index is 11.5. The predicted octanol–water partition coefficient (Wildman–Crippen LogP) is 3.38. The average molecular weight is 408 g/mol. The Morgan fingerprint density at radius 2 is 1.85 bits per heavy atom. The van der Waals surface area contributed by atoms with Crippen LogP contribution in [0.5, 0.6) is 0 Å². The fourth-order valence-corrected chi connectivity index (χ4v) is 3.49. The minimum absolute atomic E-state index is 0.337. The van der Waals surface area contributed by atoms with Crippen molar-refractivity contribution in [2.75, 3.05) is 26.4 Å². The summed E-state index contributed by atoms with van der Waals surface area (Å²) in [7, 11) is -1.17. The molecule has 0 aromatic heterocycles. The van der Waals surface area contributed by atoms with Crippen molar-refractivity contribution in [3.8, 4) is 0 Å². The lowest BCUT2D eigenvalue weighted by Gasteiger charge is -2.22. The van der Waals surface area contributed by atoms with Gasteiger partial charge in [-0.1, -0.05) is 35.9 Å². The van der Waals surface area contributed by atoms with Crippen molar-refractivity contribution in [3.05, 3.63) is 64.7 Å². The van der Waals surface area contributed by atoms with Crippen LogP contribution >= 0.6 is 11.6 Å². The molecule has 0 radical (unpaired) electrons. The number of aliphatic imine (C=N–C) groups is 1. The van der Waals surface area contributed by atoms with E-state index in [1.807, 2.05) is 50.4 Å². The van der Waals surface area contributed by atoms with Crippen molar-refractivity contribution in [2.24, 2.45) is 4.99 Å². The van der Waals surface area contributed by atoms with Gasteiger partial charge >= 0.3 is 0 Å². The molecule has 0 aliphatic carbocycles. The second-order valence-corrected chi connectivity index (χ2v) is 8.84. The maximum Gasteiger partial charge on any atom is 0.193 e. The van der Waals surface area contributed by atoms with Crippen LogP contribution in [0.25, 0.3) is 0 Å². The number of halogens is 1. The van der Waals surface area contributed by atoms with Crippen LogP contribution in [-0.2, 0) is 22.8 Å². The molecule has 7 heteroatoms. The Morgan fingerprint density at radius 3 is 2.44 bits per heavy atom. The molecule has 146 valence electrons. The Hall–Kier alpha value is -2.05. The monoisotopic (exact) mass is 407 g/mol. The zero-order chi connectivity index (χ0) is 19.9. The molecule has 0 saturated heterocycles. The second kappa shape index (κ2) is 9.76. The number of hydrogen-bond donors (Lipinski definition) is 1. The lowest BCUT2D eigenvalue weighted by atomic mass is 10.1. The van der Waals surface area contributed by atoms with Crippen LogP contribution in [0.4, 0.5) is 0 Å². The fourth-order valence-electron chi connectivity index (χ4n) is 2.65. The van der Waals surface area contributed by atoms with E-state index in [9.17, 15) is 8.42 Å². The van der Waals surface area contributed by atoms with Crippen LogP contribution in [0.3, 0.4) is 0 Å². The summed E-state index contributed by atoms with van der Waals surface area (Å²) < 4.78 is 23.0. The molecule has 1 N–H and O–H groups in total. The van der Waals surface area contributed by atoms with E-state index in [1.165, 1.54) is 6.26 Å². The third-order valence-electron chi connectivity index (χ3n) is 4.02. The molecule has 0 aliphatic heterocycles. The van der Waals surface area contributed by atoms with Crippen LogP contribution in [0.2, 0.25) is 5.02 Å². The van der Waals surface area contributed by atoms with Crippen molar-refractivity contribution in [3.63, 3.8) is 0 Å². The Labute approximate surface area is 167 Å². The molecule has 27 heavy (non-hydrogen) atoms. The van der Waals surface area contributed by atoms with Gasteiger partial charge < -0.3 is 10.2 Å². The normalized spacial score (nSPS) is 12.1. The van der Waals surface area contributed by atoms with E-state index < -0.39 is 9.84 Å². The predicted molar refractivity (Wildman–Crippen MR) is 112 cm³/mol. The van der Waals surface area contributed by atoms with Crippen LogP contribution < -0.4 is 5.32 Å². The number of rotatable bonds is 7. The third kappa shape index (κ3) is 6.88. The summed E-state index contributed by atoms with van der Waals surface area (Å²) in [6, 6.07) is 14.8. The topological polar surface area (TPSA) is 61.8 Å². The Morgan fingerprint density at radius 1 is 1.15 bits per heavy atom. The molecule has 0 unspecified atom stereocenters. The van der Waals surface area contributed by atoms with Gasteiger partial charge in [0.15, 0.2) is 15.8 Å². The first-order chi connectivity index (χ1) is 12.8. The largest absolute Gasteiger partial charge is 0.357 e. The summed E-state index contributed by atoms with van der Waals surface area (Å²) in [6.45, 7) is 4.13. The molecule has 0 amide bonds. The van der Waals surface area contributed by atoms with Crippen LogP contribution in [0.1, 0.15) is 18.1 Å². The van der Waals surface area contributed by atoms with Crippen molar-refractivity contribution >= 4 is 27.4 Å². The summed E-state index contributed by atoms with van der Waals surface area (Å²) in [5.74, 6) is 0.824. The molecule has 0 fully saturated rings. The molecule has 0 aliphatic rings. The van der Waals surface area contributed by atoms with E-state index in [0.29, 0.717) is 18.0 Å². The average Bonchev–Trinajstić information content (AvgIpc) is 2.60. The number of benzene rings is 2. The van der Waals surface area contributed by atoms with E-state index in [4.69, 9.17) is 11.6 Å². The zero-order valence-electron chi connectivity index (χ0n) is 15.9. The zero-order valence-corrected chi connectivity index (χ0v) is 17.5. The first-order valence-corrected chi connectivity index (χ1v) is 11.1. The highest BCUT2D eigenvalue weighted by molar-refractivity contribution is 7.90. The molecule has 5 nitrogen and oxygen atoms in total. The van der Waals surface area contributed by atoms with Crippen molar-refractivity contribution in [1.82, 2.24) is 10.2 Å². The number of guanidine groups is 1. The molecule has 0 heterocycles. The lowest BCUT2D eigenvalue weighted by molar-refractivity contribution is 0.477. The molecule has 0 spiro atoms. The Balaban J connectivity index is 2.00. The van der Waals surface area contributed by atoms with Crippen LogP contribution in [0, 0.1) is 0 Å². The minimum atomic E-state index is -3.16. The third-order valence-corrected chi connectivity index (χ3v) is 5.38. The molecule has 2 rings (SSSR count). The standard InChI is InChI=1S/C20H26ClN3O2S/c1-4-22-20(24(2)15-17-6-5-7-18(21)14-17)23-13-12-16-8-10-19(11-9-16)27(3,25)26/h5-11,14H,4,12-13,15H2,1-3H3,(H,22,23). The SMILES string of the molecule is CCNC(=NCCc1ccc(S(C)(=O)=O)cc1)N(C)Cc1cccc(Cl)c1. The van der Waals surface area contributed by atoms with Gasteiger partial charge in [0.05, 0.1) is 4.90 Å². The van der Waals surface area contributed by atoms with E-state index in [1.54, 1.807) is 12.1 Å². The van der Waals surface area contributed by atoms with Crippen molar-refractivity contribution < 1.29 is 8.42 Å². The fraction of sp³-hybridized carbons (Fsp3) is 0.350. The van der Waals surface area contributed by atoms with Crippen molar-refractivity contribution in [1.29, 1.82) is 0 Å².